The monoisotopic (exact) mass is 397 g/mol. The van der Waals surface area contributed by atoms with Crippen molar-refractivity contribution >= 4 is 23.6 Å². The molecule has 0 unspecified atom stereocenters. The van der Waals surface area contributed by atoms with E-state index < -0.39 is 0 Å². The number of piperazine rings is 1. The molecule has 2 aliphatic rings. The number of ether oxygens (including phenoxy) is 1. The molecule has 0 bridgehead atoms. The zero-order valence-corrected chi connectivity index (χ0v) is 16.2. The Labute approximate surface area is 169 Å². The van der Waals surface area contributed by atoms with E-state index >= 15 is 0 Å². The number of hydrogen-bond acceptors (Lipinski definition) is 6. The molecule has 0 aliphatic carbocycles. The number of nitrogens with zero attached hydrogens (tertiary/aromatic N) is 5. The van der Waals surface area contributed by atoms with E-state index in [9.17, 15) is 9.18 Å². The number of carbonyl (C=O) groups excluding carboxylic acids is 1. The lowest BCUT2D eigenvalue weighted by Gasteiger charge is -2.35. The molecule has 2 aromatic rings. The predicted molar refractivity (Wildman–Crippen MR) is 109 cm³/mol. The lowest BCUT2D eigenvalue weighted by molar-refractivity contribution is -0.126. The summed E-state index contributed by atoms with van der Waals surface area (Å²) >= 11 is 0. The Kier molecular flexibility index (Phi) is 6.00. The van der Waals surface area contributed by atoms with Gasteiger partial charge in [0.05, 0.1) is 13.2 Å². The molecule has 1 aromatic heterocycles. The third-order valence-corrected chi connectivity index (χ3v) is 5.20. The average Bonchev–Trinajstić information content (AvgIpc) is 2.79. The van der Waals surface area contributed by atoms with Crippen LogP contribution in [0, 0.1) is 5.82 Å². The van der Waals surface area contributed by atoms with E-state index in [1.54, 1.807) is 23.1 Å². The Morgan fingerprint density at radius 1 is 0.897 bits per heavy atom. The number of amides is 1. The first-order valence-electron chi connectivity index (χ1n) is 9.83. The smallest absolute Gasteiger partial charge is 0.246 e. The van der Waals surface area contributed by atoms with Gasteiger partial charge in [0.25, 0.3) is 0 Å². The van der Waals surface area contributed by atoms with Crippen LogP contribution in [0.1, 0.15) is 5.56 Å². The minimum Gasteiger partial charge on any atom is -0.378 e. The summed E-state index contributed by atoms with van der Waals surface area (Å²) in [6.45, 7) is 5.64. The normalized spacial score (nSPS) is 17.8. The molecule has 0 spiro atoms. The third-order valence-electron chi connectivity index (χ3n) is 5.20. The van der Waals surface area contributed by atoms with Crippen LogP contribution in [0.4, 0.5) is 16.0 Å². The maximum atomic E-state index is 13.7. The molecule has 4 rings (SSSR count). The van der Waals surface area contributed by atoms with Gasteiger partial charge in [0.15, 0.2) is 11.6 Å². The fourth-order valence-electron chi connectivity index (χ4n) is 3.48. The molecular weight excluding hydrogens is 373 g/mol. The first-order valence-corrected chi connectivity index (χ1v) is 9.83. The summed E-state index contributed by atoms with van der Waals surface area (Å²) in [6, 6.07) is 10.4. The summed E-state index contributed by atoms with van der Waals surface area (Å²) in [5.74, 6) is 1.24. The summed E-state index contributed by atoms with van der Waals surface area (Å²) in [5.41, 5.74) is 0.412. The number of halogens is 1. The first-order chi connectivity index (χ1) is 14.2. The van der Waals surface area contributed by atoms with Crippen molar-refractivity contribution < 1.29 is 13.9 Å². The third kappa shape index (κ3) is 4.71. The number of anilines is 2. The number of aromatic nitrogens is 2. The SMILES string of the molecule is O=C(/C=C/c1ccccc1F)N1CCN(c2ccc(N3CCOCC3)nn2)CC1. The van der Waals surface area contributed by atoms with E-state index in [0.29, 0.717) is 45.0 Å². The second-order valence-corrected chi connectivity index (χ2v) is 7.02. The van der Waals surface area contributed by atoms with Crippen LogP contribution in [0.15, 0.2) is 42.5 Å². The van der Waals surface area contributed by atoms with Crippen molar-refractivity contribution in [2.24, 2.45) is 0 Å². The molecule has 7 nitrogen and oxygen atoms in total. The molecule has 0 N–H and O–H groups in total. The zero-order chi connectivity index (χ0) is 20.1. The lowest BCUT2D eigenvalue weighted by atomic mass is 10.2. The van der Waals surface area contributed by atoms with Crippen LogP contribution in [0.2, 0.25) is 0 Å². The van der Waals surface area contributed by atoms with Crippen LogP contribution in [0.5, 0.6) is 0 Å². The predicted octanol–water partition coefficient (Wildman–Crippen LogP) is 1.81. The van der Waals surface area contributed by atoms with E-state index in [2.05, 4.69) is 20.0 Å². The van der Waals surface area contributed by atoms with Gasteiger partial charge < -0.3 is 19.4 Å². The van der Waals surface area contributed by atoms with E-state index in [1.165, 1.54) is 18.2 Å². The molecule has 0 atom stereocenters. The maximum Gasteiger partial charge on any atom is 0.246 e. The standard InChI is InChI=1S/C21H24FN5O2/c22-18-4-2-1-3-17(18)5-8-21(28)27-11-9-25(10-12-27)19-6-7-20(24-23-19)26-13-15-29-16-14-26/h1-8H,9-16H2/b8-5+. The Morgan fingerprint density at radius 3 is 2.14 bits per heavy atom. The van der Waals surface area contributed by atoms with Gasteiger partial charge in [0.1, 0.15) is 5.82 Å². The van der Waals surface area contributed by atoms with Gasteiger partial charge in [-0.3, -0.25) is 4.79 Å². The topological polar surface area (TPSA) is 61.8 Å². The van der Waals surface area contributed by atoms with Gasteiger partial charge in [-0.15, -0.1) is 10.2 Å². The van der Waals surface area contributed by atoms with Crippen molar-refractivity contribution in [3.05, 3.63) is 53.9 Å². The largest absolute Gasteiger partial charge is 0.378 e. The van der Waals surface area contributed by atoms with Crippen molar-refractivity contribution in [2.45, 2.75) is 0 Å². The highest BCUT2D eigenvalue weighted by atomic mass is 19.1. The summed E-state index contributed by atoms with van der Waals surface area (Å²) in [5, 5.41) is 8.72. The highest BCUT2D eigenvalue weighted by Crippen LogP contribution is 2.18. The molecule has 8 heteroatoms. The molecule has 152 valence electrons. The van der Waals surface area contributed by atoms with Crippen molar-refractivity contribution in [2.75, 3.05) is 62.3 Å². The van der Waals surface area contributed by atoms with E-state index in [-0.39, 0.29) is 11.7 Å². The molecule has 29 heavy (non-hydrogen) atoms. The fourth-order valence-corrected chi connectivity index (χ4v) is 3.48. The van der Waals surface area contributed by atoms with Crippen molar-refractivity contribution in [1.29, 1.82) is 0 Å². The van der Waals surface area contributed by atoms with Crippen LogP contribution in [-0.4, -0.2) is 73.5 Å². The number of hydrogen-bond donors (Lipinski definition) is 0. The van der Waals surface area contributed by atoms with Crippen LogP contribution in [0.25, 0.3) is 6.08 Å². The van der Waals surface area contributed by atoms with Gasteiger partial charge in [-0.05, 0) is 24.3 Å². The summed E-state index contributed by atoms with van der Waals surface area (Å²) in [7, 11) is 0. The maximum absolute atomic E-state index is 13.7. The molecule has 2 aliphatic heterocycles. The van der Waals surface area contributed by atoms with Crippen molar-refractivity contribution in [3.8, 4) is 0 Å². The number of morpholine rings is 1. The van der Waals surface area contributed by atoms with E-state index in [0.717, 1.165) is 24.7 Å². The van der Waals surface area contributed by atoms with Gasteiger partial charge in [-0.25, -0.2) is 4.39 Å². The second-order valence-electron chi connectivity index (χ2n) is 7.02. The highest BCUT2D eigenvalue weighted by Gasteiger charge is 2.21. The molecule has 1 amide bonds. The van der Waals surface area contributed by atoms with E-state index in [1.807, 2.05) is 12.1 Å². The Bertz CT molecular complexity index is 860. The number of carbonyl (C=O) groups is 1. The minimum atomic E-state index is -0.333. The number of benzene rings is 1. The Hall–Kier alpha value is -3.00. The Morgan fingerprint density at radius 2 is 1.52 bits per heavy atom. The molecule has 0 saturated carbocycles. The summed E-state index contributed by atoms with van der Waals surface area (Å²) < 4.78 is 19.0. The molecular formula is C21H24FN5O2. The molecule has 0 radical (unpaired) electrons. The first kappa shape index (κ1) is 19.3. The quantitative estimate of drug-likeness (QED) is 0.734. The minimum absolute atomic E-state index is 0.110. The second kappa shape index (κ2) is 9.00. The fraction of sp³-hybridized carbons (Fsp3) is 0.381. The van der Waals surface area contributed by atoms with Crippen LogP contribution >= 0.6 is 0 Å². The van der Waals surface area contributed by atoms with Gasteiger partial charge in [-0.2, -0.15) is 0 Å². The van der Waals surface area contributed by atoms with Gasteiger partial charge >= 0.3 is 0 Å². The van der Waals surface area contributed by atoms with Crippen LogP contribution in [-0.2, 0) is 9.53 Å². The molecule has 2 saturated heterocycles. The molecule has 2 fully saturated rings. The Balaban J connectivity index is 1.31. The highest BCUT2D eigenvalue weighted by molar-refractivity contribution is 5.92. The van der Waals surface area contributed by atoms with E-state index in [4.69, 9.17) is 4.74 Å². The van der Waals surface area contributed by atoms with Gasteiger partial charge in [0.2, 0.25) is 5.91 Å². The lowest BCUT2D eigenvalue weighted by Crippen LogP contribution is -2.48. The van der Waals surface area contributed by atoms with Crippen molar-refractivity contribution in [1.82, 2.24) is 15.1 Å². The molecule has 3 heterocycles. The zero-order valence-electron chi connectivity index (χ0n) is 16.2. The van der Waals surface area contributed by atoms with Crippen LogP contribution in [0.3, 0.4) is 0 Å². The molecule has 1 aromatic carbocycles. The van der Waals surface area contributed by atoms with Gasteiger partial charge in [0, 0.05) is 50.9 Å². The average molecular weight is 397 g/mol. The van der Waals surface area contributed by atoms with Gasteiger partial charge in [-0.1, -0.05) is 18.2 Å². The van der Waals surface area contributed by atoms with Crippen LogP contribution < -0.4 is 9.80 Å². The summed E-state index contributed by atoms with van der Waals surface area (Å²) in [6.07, 6.45) is 2.96. The van der Waals surface area contributed by atoms with Crippen molar-refractivity contribution in [3.63, 3.8) is 0 Å². The summed E-state index contributed by atoms with van der Waals surface area (Å²) in [4.78, 5) is 18.5. The number of rotatable bonds is 4.